The van der Waals surface area contributed by atoms with Gasteiger partial charge in [-0.05, 0) is 31.2 Å². The van der Waals surface area contributed by atoms with Crippen LogP contribution in [0, 0.1) is 6.92 Å². The first-order valence-corrected chi connectivity index (χ1v) is 8.13. The standard InChI is InChI=1S/C21H17N3O/c1-15-12-13-19-18(14-15)21(25)24(23-17-10-6-3-7-11-17)20(22-19)16-8-4-2-5-9-16/h2-14,23H,1H3. The maximum Gasteiger partial charge on any atom is 0.280 e. The first-order valence-electron chi connectivity index (χ1n) is 8.13. The van der Waals surface area contributed by atoms with Crippen LogP contribution in [-0.2, 0) is 0 Å². The van der Waals surface area contributed by atoms with Crippen molar-refractivity contribution in [3.05, 3.63) is 94.8 Å². The molecule has 4 aromatic rings. The number of hydrogen-bond acceptors (Lipinski definition) is 3. The minimum absolute atomic E-state index is 0.114. The molecule has 25 heavy (non-hydrogen) atoms. The Morgan fingerprint density at radius 1 is 0.880 bits per heavy atom. The predicted octanol–water partition coefficient (Wildman–Crippen LogP) is 4.25. The Balaban J connectivity index is 2.00. The average molecular weight is 327 g/mol. The van der Waals surface area contributed by atoms with Gasteiger partial charge in [-0.25, -0.2) is 9.66 Å². The highest BCUT2D eigenvalue weighted by molar-refractivity contribution is 5.80. The maximum absolute atomic E-state index is 13.1. The highest BCUT2D eigenvalue weighted by Gasteiger charge is 2.13. The largest absolute Gasteiger partial charge is 0.290 e. The molecule has 4 heteroatoms. The Kier molecular flexibility index (Phi) is 3.78. The lowest BCUT2D eigenvalue weighted by Crippen LogP contribution is -2.29. The number of para-hydroxylation sites is 1. The van der Waals surface area contributed by atoms with Crippen LogP contribution >= 0.6 is 0 Å². The van der Waals surface area contributed by atoms with Crippen LogP contribution in [-0.4, -0.2) is 9.66 Å². The number of hydrogen-bond donors (Lipinski definition) is 1. The molecule has 0 radical (unpaired) electrons. The smallest absolute Gasteiger partial charge is 0.280 e. The van der Waals surface area contributed by atoms with E-state index in [0.717, 1.165) is 16.8 Å². The molecule has 122 valence electrons. The zero-order chi connectivity index (χ0) is 17.2. The van der Waals surface area contributed by atoms with Crippen LogP contribution in [0.3, 0.4) is 0 Å². The Hall–Kier alpha value is -3.40. The second-order valence-corrected chi connectivity index (χ2v) is 5.94. The van der Waals surface area contributed by atoms with E-state index in [0.29, 0.717) is 16.7 Å². The van der Waals surface area contributed by atoms with Crippen LogP contribution in [0.2, 0.25) is 0 Å². The summed E-state index contributed by atoms with van der Waals surface area (Å²) in [5.41, 5.74) is 6.51. The SMILES string of the molecule is Cc1ccc2nc(-c3ccccc3)n(Nc3ccccc3)c(=O)c2c1. The van der Waals surface area contributed by atoms with E-state index in [4.69, 9.17) is 4.98 Å². The van der Waals surface area contributed by atoms with E-state index >= 15 is 0 Å². The summed E-state index contributed by atoms with van der Waals surface area (Å²) in [6.45, 7) is 1.97. The van der Waals surface area contributed by atoms with Gasteiger partial charge >= 0.3 is 0 Å². The van der Waals surface area contributed by atoms with Crippen molar-refractivity contribution in [2.45, 2.75) is 6.92 Å². The molecule has 1 aromatic heterocycles. The van der Waals surface area contributed by atoms with Crippen LogP contribution < -0.4 is 11.0 Å². The molecule has 4 nitrogen and oxygen atoms in total. The summed E-state index contributed by atoms with van der Waals surface area (Å²) in [5.74, 6) is 0.589. The minimum Gasteiger partial charge on any atom is -0.290 e. The molecule has 0 amide bonds. The number of nitrogens with one attached hydrogen (secondary N) is 1. The first kappa shape index (κ1) is 15.1. The lowest BCUT2D eigenvalue weighted by molar-refractivity contribution is 0.892. The Bertz CT molecular complexity index is 1090. The van der Waals surface area contributed by atoms with Gasteiger partial charge in [-0.2, -0.15) is 0 Å². The van der Waals surface area contributed by atoms with Crippen molar-refractivity contribution in [1.29, 1.82) is 0 Å². The molecular formula is C21H17N3O. The fourth-order valence-electron chi connectivity index (χ4n) is 2.83. The van der Waals surface area contributed by atoms with Gasteiger partial charge in [0.25, 0.3) is 5.56 Å². The number of benzene rings is 3. The minimum atomic E-state index is -0.114. The third-order valence-corrected chi connectivity index (χ3v) is 4.07. The van der Waals surface area contributed by atoms with E-state index in [-0.39, 0.29) is 5.56 Å². The predicted molar refractivity (Wildman–Crippen MR) is 102 cm³/mol. The molecule has 0 bridgehead atoms. The fraction of sp³-hybridized carbons (Fsp3) is 0.0476. The number of aryl methyl sites for hydroxylation is 1. The summed E-state index contributed by atoms with van der Waals surface area (Å²) < 4.78 is 1.52. The van der Waals surface area contributed by atoms with E-state index in [1.165, 1.54) is 4.68 Å². The van der Waals surface area contributed by atoms with Gasteiger partial charge in [0.2, 0.25) is 0 Å². The van der Waals surface area contributed by atoms with Crippen LogP contribution in [0.5, 0.6) is 0 Å². The van der Waals surface area contributed by atoms with Gasteiger partial charge in [-0.1, -0.05) is 60.2 Å². The monoisotopic (exact) mass is 327 g/mol. The molecule has 4 rings (SSSR count). The van der Waals surface area contributed by atoms with Gasteiger partial charge in [-0.3, -0.25) is 10.2 Å². The third-order valence-electron chi connectivity index (χ3n) is 4.07. The van der Waals surface area contributed by atoms with Gasteiger partial charge in [0.15, 0.2) is 5.82 Å². The number of aromatic nitrogens is 2. The second kappa shape index (κ2) is 6.24. The van der Waals surface area contributed by atoms with Crippen LogP contribution in [0.15, 0.2) is 83.7 Å². The highest BCUT2D eigenvalue weighted by Crippen LogP contribution is 2.20. The molecule has 0 aliphatic rings. The zero-order valence-corrected chi connectivity index (χ0v) is 13.8. The van der Waals surface area contributed by atoms with Crippen LogP contribution in [0.4, 0.5) is 5.69 Å². The molecule has 0 fully saturated rings. The lowest BCUT2D eigenvalue weighted by Gasteiger charge is -2.15. The number of rotatable bonds is 3. The van der Waals surface area contributed by atoms with Crippen molar-refractivity contribution in [3.63, 3.8) is 0 Å². The average Bonchev–Trinajstić information content (AvgIpc) is 2.66. The van der Waals surface area contributed by atoms with Crippen molar-refractivity contribution >= 4 is 16.6 Å². The van der Waals surface area contributed by atoms with Crippen molar-refractivity contribution in [1.82, 2.24) is 9.66 Å². The van der Waals surface area contributed by atoms with Gasteiger partial charge in [0.1, 0.15) is 0 Å². The molecule has 0 saturated carbocycles. The molecule has 0 aliphatic heterocycles. The van der Waals surface area contributed by atoms with Gasteiger partial charge in [0.05, 0.1) is 16.6 Å². The Labute approximate surface area is 145 Å². The fourth-order valence-corrected chi connectivity index (χ4v) is 2.83. The van der Waals surface area contributed by atoms with E-state index in [1.54, 1.807) is 0 Å². The van der Waals surface area contributed by atoms with Gasteiger partial charge < -0.3 is 0 Å². The summed E-state index contributed by atoms with van der Waals surface area (Å²) >= 11 is 0. The lowest BCUT2D eigenvalue weighted by atomic mass is 10.1. The van der Waals surface area contributed by atoms with Crippen molar-refractivity contribution in [3.8, 4) is 11.4 Å². The van der Waals surface area contributed by atoms with Crippen molar-refractivity contribution in [2.24, 2.45) is 0 Å². The summed E-state index contributed by atoms with van der Waals surface area (Å²) in [6, 6.07) is 25.1. The summed E-state index contributed by atoms with van der Waals surface area (Å²) in [5, 5.41) is 0.600. The van der Waals surface area contributed by atoms with Crippen molar-refractivity contribution < 1.29 is 0 Å². The quantitative estimate of drug-likeness (QED) is 0.612. The van der Waals surface area contributed by atoms with E-state index in [9.17, 15) is 4.79 Å². The Morgan fingerprint density at radius 2 is 1.56 bits per heavy atom. The highest BCUT2D eigenvalue weighted by atomic mass is 16.1. The maximum atomic E-state index is 13.1. The van der Waals surface area contributed by atoms with E-state index in [1.807, 2.05) is 85.8 Å². The molecule has 0 saturated heterocycles. The summed E-state index contributed by atoms with van der Waals surface area (Å²) in [4.78, 5) is 17.9. The van der Waals surface area contributed by atoms with Crippen LogP contribution in [0.25, 0.3) is 22.3 Å². The summed E-state index contributed by atoms with van der Waals surface area (Å²) in [7, 11) is 0. The number of anilines is 1. The number of nitrogens with zero attached hydrogens (tertiary/aromatic N) is 2. The third kappa shape index (κ3) is 2.90. The molecule has 0 spiro atoms. The van der Waals surface area contributed by atoms with E-state index < -0.39 is 0 Å². The number of fused-ring (bicyclic) bond motifs is 1. The molecule has 0 unspecified atom stereocenters. The molecule has 3 aromatic carbocycles. The molecule has 0 atom stereocenters. The molecule has 1 heterocycles. The Morgan fingerprint density at radius 3 is 2.28 bits per heavy atom. The molecule has 1 N–H and O–H groups in total. The van der Waals surface area contributed by atoms with Gasteiger partial charge in [-0.15, -0.1) is 0 Å². The second-order valence-electron chi connectivity index (χ2n) is 5.94. The summed E-state index contributed by atoms with van der Waals surface area (Å²) in [6.07, 6.45) is 0. The van der Waals surface area contributed by atoms with Crippen molar-refractivity contribution in [2.75, 3.05) is 5.43 Å². The molecule has 0 aliphatic carbocycles. The zero-order valence-electron chi connectivity index (χ0n) is 13.8. The van der Waals surface area contributed by atoms with Crippen LogP contribution in [0.1, 0.15) is 5.56 Å². The topological polar surface area (TPSA) is 46.9 Å². The first-order chi connectivity index (χ1) is 12.2. The van der Waals surface area contributed by atoms with E-state index in [2.05, 4.69) is 5.43 Å². The molecular weight excluding hydrogens is 310 g/mol. The normalized spacial score (nSPS) is 10.8. The van der Waals surface area contributed by atoms with Gasteiger partial charge in [0, 0.05) is 5.56 Å².